The van der Waals surface area contributed by atoms with Crippen LogP contribution in [0.2, 0.25) is 0 Å². The predicted octanol–water partition coefficient (Wildman–Crippen LogP) is 6.52. The molecule has 0 saturated heterocycles. The number of nitrogens with one attached hydrogen (secondary N) is 1. The van der Waals surface area contributed by atoms with Gasteiger partial charge >= 0.3 is 0 Å². The monoisotopic (exact) mass is 466 g/mol. The lowest BCUT2D eigenvalue weighted by Gasteiger charge is -2.24. The zero-order valence-corrected chi connectivity index (χ0v) is 18.4. The predicted molar refractivity (Wildman–Crippen MR) is 123 cm³/mol. The second-order valence-corrected chi connectivity index (χ2v) is 8.89. The van der Waals surface area contributed by atoms with E-state index in [1.165, 1.54) is 16.7 Å². The maximum absolute atomic E-state index is 12.7. The number of halogens is 1. The Labute approximate surface area is 181 Å². The van der Waals surface area contributed by atoms with Crippen LogP contribution in [0, 0.1) is 0 Å². The average Bonchev–Trinajstić information content (AvgIpc) is 3.18. The van der Waals surface area contributed by atoms with Gasteiger partial charge in [0.1, 0.15) is 5.75 Å². The van der Waals surface area contributed by atoms with Crippen molar-refractivity contribution in [2.75, 3.05) is 5.32 Å². The van der Waals surface area contributed by atoms with Gasteiger partial charge in [-0.15, -0.1) is 11.3 Å². The van der Waals surface area contributed by atoms with Crippen molar-refractivity contribution in [1.82, 2.24) is 4.98 Å². The normalized spacial score (nSPS) is 11.4. The van der Waals surface area contributed by atoms with E-state index in [0.29, 0.717) is 10.9 Å². The van der Waals surface area contributed by atoms with Crippen LogP contribution in [0.15, 0.2) is 76.6 Å². The summed E-state index contributed by atoms with van der Waals surface area (Å²) in [7, 11) is 0. The molecule has 4 aromatic rings. The van der Waals surface area contributed by atoms with Gasteiger partial charge < -0.3 is 4.74 Å². The van der Waals surface area contributed by atoms with E-state index in [1.807, 2.05) is 47.8 Å². The molecule has 3 aromatic carbocycles. The van der Waals surface area contributed by atoms with E-state index >= 15 is 0 Å². The van der Waals surface area contributed by atoms with Crippen molar-refractivity contribution < 1.29 is 9.53 Å². The molecule has 0 fully saturated rings. The summed E-state index contributed by atoms with van der Waals surface area (Å²) in [6, 6.07) is 21.8. The molecule has 0 bridgehead atoms. The Hall–Kier alpha value is -2.70. The van der Waals surface area contributed by atoms with E-state index in [4.69, 9.17) is 4.74 Å². The quantitative estimate of drug-likeness (QED) is 0.364. The van der Waals surface area contributed by atoms with Gasteiger partial charge in [-0.2, -0.15) is 0 Å². The Balaban J connectivity index is 1.48. The standard InChI is InChI=1S/C23H19BrN2O2S/c1-23(2,28-19-11-9-18(24)10-12-19)21(27)26-22-25-20(14-29-22)17-8-7-15-5-3-4-6-16(15)13-17/h3-14H,1-2H3,(H,25,26,27). The molecule has 0 saturated carbocycles. The Kier molecular flexibility index (Phi) is 5.39. The molecule has 4 rings (SSSR count). The van der Waals surface area contributed by atoms with Gasteiger partial charge in [-0.1, -0.05) is 52.3 Å². The van der Waals surface area contributed by atoms with Gasteiger partial charge in [0.2, 0.25) is 0 Å². The van der Waals surface area contributed by atoms with E-state index < -0.39 is 5.60 Å². The van der Waals surface area contributed by atoms with Gasteiger partial charge in [0.15, 0.2) is 10.7 Å². The summed E-state index contributed by atoms with van der Waals surface area (Å²) in [4.78, 5) is 17.3. The number of nitrogens with zero attached hydrogens (tertiary/aromatic N) is 1. The third kappa shape index (κ3) is 4.49. The van der Waals surface area contributed by atoms with Crippen LogP contribution < -0.4 is 10.1 Å². The molecule has 1 aromatic heterocycles. The number of aromatic nitrogens is 1. The van der Waals surface area contributed by atoms with Crippen LogP contribution in [0.5, 0.6) is 5.75 Å². The second-order valence-electron chi connectivity index (χ2n) is 7.12. The molecule has 1 N–H and O–H groups in total. The smallest absolute Gasteiger partial charge is 0.269 e. The molecule has 0 aliphatic heterocycles. The number of fused-ring (bicyclic) bond motifs is 1. The number of carbonyl (C=O) groups is 1. The number of anilines is 1. The maximum Gasteiger partial charge on any atom is 0.269 e. The van der Waals surface area contributed by atoms with E-state index in [2.05, 4.69) is 50.5 Å². The first-order valence-electron chi connectivity index (χ1n) is 9.11. The topological polar surface area (TPSA) is 51.2 Å². The van der Waals surface area contributed by atoms with Gasteiger partial charge in [-0.05, 0) is 55.0 Å². The van der Waals surface area contributed by atoms with E-state index in [9.17, 15) is 4.79 Å². The van der Waals surface area contributed by atoms with Crippen molar-refractivity contribution in [3.63, 3.8) is 0 Å². The Morgan fingerprint density at radius 2 is 1.76 bits per heavy atom. The molecule has 0 unspecified atom stereocenters. The molecule has 4 nitrogen and oxygen atoms in total. The number of benzene rings is 3. The van der Waals surface area contributed by atoms with Crippen molar-refractivity contribution in [3.8, 4) is 17.0 Å². The number of carbonyl (C=O) groups excluding carboxylic acids is 1. The molecular weight excluding hydrogens is 448 g/mol. The summed E-state index contributed by atoms with van der Waals surface area (Å²) in [5.74, 6) is 0.379. The minimum atomic E-state index is -1.04. The summed E-state index contributed by atoms with van der Waals surface area (Å²) in [5.41, 5.74) is 0.816. The second kappa shape index (κ2) is 7.97. The lowest BCUT2D eigenvalue weighted by molar-refractivity contribution is -0.128. The fourth-order valence-electron chi connectivity index (χ4n) is 2.90. The zero-order valence-electron chi connectivity index (χ0n) is 16.0. The first-order valence-corrected chi connectivity index (χ1v) is 10.8. The van der Waals surface area contributed by atoms with Crippen LogP contribution in [-0.2, 0) is 4.79 Å². The van der Waals surface area contributed by atoms with Crippen LogP contribution in [0.3, 0.4) is 0 Å². The highest BCUT2D eigenvalue weighted by Crippen LogP contribution is 2.29. The van der Waals surface area contributed by atoms with Crippen LogP contribution in [0.4, 0.5) is 5.13 Å². The van der Waals surface area contributed by atoms with E-state index in [-0.39, 0.29) is 5.91 Å². The largest absolute Gasteiger partial charge is 0.478 e. The van der Waals surface area contributed by atoms with Gasteiger partial charge in [-0.25, -0.2) is 4.98 Å². The van der Waals surface area contributed by atoms with Crippen LogP contribution in [0.25, 0.3) is 22.0 Å². The van der Waals surface area contributed by atoms with Crippen molar-refractivity contribution in [2.24, 2.45) is 0 Å². The van der Waals surface area contributed by atoms with Crippen molar-refractivity contribution >= 4 is 49.1 Å². The lowest BCUT2D eigenvalue weighted by atomic mass is 10.1. The molecule has 1 amide bonds. The summed E-state index contributed by atoms with van der Waals surface area (Å²) in [6.45, 7) is 3.48. The maximum atomic E-state index is 12.7. The minimum absolute atomic E-state index is 0.250. The highest BCUT2D eigenvalue weighted by molar-refractivity contribution is 9.10. The molecule has 146 valence electrons. The zero-order chi connectivity index (χ0) is 20.4. The Morgan fingerprint density at radius 1 is 1.03 bits per heavy atom. The van der Waals surface area contributed by atoms with Crippen LogP contribution in [-0.4, -0.2) is 16.5 Å². The third-order valence-corrected chi connectivity index (χ3v) is 5.79. The molecule has 0 atom stereocenters. The lowest BCUT2D eigenvalue weighted by Crippen LogP contribution is -2.42. The van der Waals surface area contributed by atoms with Crippen molar-refractivity contribution in [1.29, 1.82) is 0 Å². The first kappa shape index (κ1) is 19.6. The summed E-state index contributed by atoms with van der Waals surface area (Å²) in [5, 5.41) is 7.72. The SMILES string of the molecule is CC(C)(Oc1ccc(Br)cc1)C(=O)Nc1nc(-c2ccc3ccccc3c2)cs1. The van der Waals surface area contributed by atoms with Crippen LogP contribution in [0.1, 0.15) is 13.8 Å². The average molecular weight is 467 g/mol. The third-order valence-electron chi connectivity index (χ3n) is 4.50. The molecule has 29 heavy (non-hydrogen) atoms. The number of hydrogen-bond donors (Lipinski definition) is 1. The molecule has 0 radical (unpaired) electrons. The van der Waals surface area contributed by atoms with E-state index in [0.717, 1.165) is 21.1 Å². The minimum Gasteiger partial charge on any atom is -0.478 e. The summed E-state index contributed by atoms with van der Waals surface area (Å²) >= 11 is 4.79. The van der Waals surface area contributed by atoms with Gasteiger partial charge in [0.05, 0.1) is 5.69 Å². The van der Waals surface area contributed by atoms with Crippen molar-refractivity contribution in [2.45, 2.75) is 19.4 Å². The molecule has 0 spiro atoms. The number of ether oxygens (including phenoxy) is 1. The van der Waals surface area contributed by atoms with Gasteiger partial charge in [0, 0.05) is 15.4 Å². The van der Waals surface area contributed by atoms with Gasteiger partial charge in [0.25, 0.3) is 5.91 Å². The molecule has 6 heteroatoms. The van der Waals surface area contributed by atoms with Crippen molar-refractivity contribution in [3.05, 3.63) is 76.6 Å². The summed E-state index contributed by atoms with van der Waals surface area (Å²) < 4.78 is 6.83. The fraction of sp³-hybridized carbons (Fsp3) is 0.130. The molecule has 0 aliphatic rings. The highest BCUT2D eigenvalue weighted by atomic mass is 79.9. The highest BCUT2D eigenvalue weighted by Gasteiger charge is 2.30. The van der Waals surface area contributed by atoms with E-state index in [1.54, 1.807) is 13.8 Å². The fourth-order valence-corrected chi connectivity index (χ4v) is 3.88. The Morgan fingerprint density at radius 3 is 2.52 bits per heavy atom. The Bertz CT molecular complexity index is 1170. The van der Waals surface area contributed by atoms with Gasteiger partial charge in [-0.3, -0.25) is 10.1 Å². The number of hydrogen-bond acceptors (Lipinski definition) is 4. The molecule has 1 heterocycles. The van der Waals surface area contributed by atoms with Crippen LogP contribution >= 0.6 is 27.3 Å². The number of rotatable bonds is 5. The molecular formula is C23H19BrN2O2S. The molecule has 0 aliphatic carbocycles. The summed E-state index contributed by atoms with van der Waals surface area (Å²) in [6.07, 6.45) is 0. The first-order chi connectivity index (χ1) is 13.9. The number of amides is 1. The number of thiazole rings is 1.